The highest BCUT2D eigenvalue weighted by molar-refractivity contribution is 5.87. The zero-order chi connectivity index (χ0) is 18.9. The van der Waals surface area contributed by atoms with Gasteiger partial charge >= 0.3 is 0 Å². The minimum atomic E-state index is -0.277. The fourth-order valence-electron chi connectivity index (χ4n) is 3.54. The predicted octanol–water partition coefficient (Wildman–Crippen LogP) is 2.68. The lowest BCUT2D eigenvalue weighted by Gasteiger charge is -2.36. The number of hydrogen-bond donors (Lipinski definition) is 0. The molecule has 0 saturated carbocycles. The molecule has 7 nitrogen and oxygen atoms in total. The van der Waals surface area contributed by atoms with Gasteiger partial charge in [0.15, 0.2) is 5.65 Å². The summed E-state index contributed by atoms with van der Waals surface area (Å²) in [5.41, 5.74) is 1.48. The van der Waals surface area contributed by atoms with Crippen molar-refractivity contribution in [1.82, 2.24) is 24.7 Å². The number of piperazine rings is 1. The van der Waals surface area contributed by atoms with Crippen molar-refractivity contribution in [3.05, 3.63) is 67.0 Å². The van der Waals surface area contributed by atoms with E-state index in [9.17, 15) is 4.39 Å². The number of hydrogen-bond acceptors (Lipinski definition) is 6. The van der Waals surface area contributed by atoms with Crippen LogP contribution in [-0.2, 0) is 0 Å². The second-order valence-electron chi connectivity index (χ2n) is 6.63. The predicted molar refractivity (Wildman–Crippen MR) is 105 cm³/mol. The van der Waals surface area contributed by atoms with Gasteiger partial charge in [0.25, 0.3) is 0 Å². The number of nitrogens with zero attached hydrogens (tertiary/aromatic N) is 7. The van der Waals surface area contributed by atoms with Crippen LogP contribution in [0.3, 0.4) is 0 Å². The first-order valence-electron chi connectivity index (χ1n) is 9.15. The molecule has 0 aliphatic carbocycles. The summed E-state index contributed by atoms with van der Waals surface area (Å²) in [6.45, 7) is 3.41. The van der Waals surface area contributed by atoms with Crippen molar-refractivity contribution >= 4 is 22.7 Å². The van der Waals surface area contributed by atoms with E-state index in [1.807, 2.05) is 24.4 Å². The summed E-state index contributed by atoms with van der Waals surface area (Å²) in [6.07, 6.45) is 5.16. The van der Waals surface area contributed by atoms with E-state index in [-0.39, 0.29) is 5.82 Å². The molecule has 0 unspecified atom stereocenters. The SMILES string of the molecule is Fc1ccc(-n2ncc3c(N4CCN(c5ccccn5)CC4)ncnc32)cc1. The van der Waals surface area contributed by atoms with E-state index >= 15 is 0 Å². The van der Waals surface area contributed by atoms with Crippen molar-refractivity contribution in [1.29, 1.82) is 0 Å². The molecule has 0 spiro atoms. The van der Waals surface area contributed by atoms with Gasteiger partial charge in [0.1, 0.15) is 23.8 Å². The summed E-state index contributed by atoms with van der Waals surface area (Å²) in [5, 5.41) is 5.35. The number of halogens is 1. The van der Waals surface area contributed by atoms with Gasteiger partial charge in [0, 0.05) is 32.4 Å². The van der Waals surface area contributed by atoms with Crippen LogP contribution in [0.15, 0.2) is 61.2 Å². The molecule has 1 aliphatic rings. The van der Waals surface area contributed by atoms with E-state index in [1.165, 1.54) is 12.1 Å². The Labute approximate surface area is 161 Å². The Morgan fingerprint density at radius 1 is 0.821 bits per heavy atom. The Kier molecular flexibility index (Phi) is 4.08. The summed E-state index contributed by atoms with van der Waals surface area (Å²) < 4.78 is 14.9. The van der Waals surface area contributed by atoms with Gasteiger partial charge in [-0.3, -0.25) is 0 Å². The molecule has 0 amide bonds. The van der Waals surface area contributed by atoms with Crippen molar-refractivity contribution in [3.63, 3.8) is 0 Å². The van der Waals surface area contributed by atoms with Crippen LogP contribution in [0.5, 0.6) is 0 Å². The molecular weight excluding hydrogens is 357 g/mol. The molecule has 3 aromatic heterocycles. The number of pyridine rings is 1. The number of anilines is 2. The number of aromatic nitrogens is 5. The smallest absolute Gasteiger partial charge is 0.168 e. The summed E-state index contributed by atoms with van der Waals surface area (Å²) in [7, 11) is 0. The Balaban J connectivity index is 1.42. The van der Waals surface area contributed by atoms with Crippen LogP contribution in [0.4, 0.5) is 16.0 Å². The van der Waals surface area contributed by atoms with E-state index in [4.69, 9.17) is 0 Å². The maximum absolute atomic E-state index is 13.2. The largest absolute Gasteiger partial charge is 0.353 e. The maximum Gasteiger partial charge on any atom is 0.168 e. The standard InChI is InChI=1S/C20H18FN7/c21-15-4-6-16(7-5-15)28-20-17(13-25-28)19(23-14-24-20)27-11-9-26(10-12-27)18-3-1-2-8-22-18/h1-8,13-14H,9-12H2. The molecule has 0 bridgehead atoms. The average Bonchev–Trinajstić information content (AvgIpc) is 3.19. The van der Waals surface area contributed by atoms with Crippen molar-refractivity contribution in [3.8, 4) is 5.69 Å². The van der Waals surface area contributed by atoms with Crippen molar-refractivity contribution in [2.45, 2.75) is 0 Å². The molecule has 0 N–H and O–H groups in total. The number of fused-ring (bicyclic) bond motifs is 1. The third kappa shape index (κ3) is 2.92. The summed E-state index contributed by atoms with van der Waals surface area (Å²) in [5.74, 6) is 1.60. The normalized spacial score (nSPS) is 14.6. The van der Waals surface area contributed by atoms with Crippen LogP contribution in [0, 0.1) is 5.82 Å². The lowest BCUT2D eigenvalue weighted by atomic mass is 10.2. The van der Waals surface area contributed by atoms with Crippen LogP contribution in [0.25, 0.3) is 16.7 Å². The molecule has 4 aromatic rings. The Hall–Kier alpha value is -3.55. The molecular formula is C20H18FN7. The Morgan fingerprint density at radius 2 is 1.61 bits per heavy atom. The molecule has 1 fully saturated rings. The quantitative estimate of drug-likeness (QED) is 0.549. The summed E-state index contributed by atoms with van der Waals surface area (Å²) in [4.78, 5) is 17.9. The molecule has 4 heterocycles. The first-order chi connectivity index (χ1) is 13.8. The molecule has 0 radical (unpaired) electrons. The molecule has 0 atom stereocenters. The van der Waals surface area contributed by atoms with Crippen LogP contribution in [0.1, 0.15) is 0 Å². The highest BCUT2D eigenvalue weighted by Gasteiger charge is 2.22. The number of benzene rings is 1. The summed E-state index contributed by atoms with van der Waals surface area (Å²) in [6, 6.07) is 12.2. The minimum Gasteiger partial charge on any atom is -0.353 e. The van der Waals surface area contributed by atoms with E-state index < -0.39 is 0 Å². The zero-order valence-corrected chi connectivity index (χ0v) is 15.1. The molecule has 28 heavy (non-hydrogen) atoms. The van der Waals surface area contributed by atoms with Gasteiger partial charge in [0.05, 0.1) is 17.3 Å². The monoisotopic (exact) mass is 375 g/mol. The number of rotatable bonds is 3. The third-order valence-electron chi connectivity index (χ3n) is 4.97. The van der Waals surface area contributed by atoms with Crippen molar-refractivity contribution in [2.75, 3.05) is 36.0 Å². The van der Waals surface area contributed by atoms with E-state index in [0.717, 1.165) is 48.9 Å². The second-order valence-corrected chi connectivity index (χ2v) is 6.63. The van der Waals surface area contributed by atoms with Gasteiger partial charge in [-0.1, -0.05) is 6.07 Å². The molecule has 1 aliphatic heterocycles. The average molecular weight is 375 g/mol. The minimum absolute atomic E-state index is 0.277. The zero-order valence-electron chi connectivity index (χ0n) is 15.1. The van der Waals surface area contributed by atoms with E-state index in [2.05, 4.69) is 29.9 Å². The van der Waals surface area contributed by atoms with E-state index in [0.29, 0.717) is 5.65 Å². The first-order valence-corrected chi connectivity index (χ1v) is 9.15. The Bertz CT molecular complexity index is 1090. The molecule has 1 saturated heterocycles. The molecule has 1 aromatic carbocycles. The van der Waals surface area contributed by atoms with Crippen LogP contribution in [0.2, 0.25) is 0 Å². The van der Waals surface area contributed by atoms with Crippen molar-refractivity contribution in [2.24, 2.45) is 0 Å². The van der Waals surface area contributed by atoms with Gasteiger partial charge in [-0.25, -0.2) is 24.0 Å². The van der Waals surface area contributed by atoms with Gasteiger partial charge in [-0.15, -0.1) is 0 Å². The lowest BCUT2D eigenvalue weighted by molar-refractivity contribution is 0.627. The maximum atomic E-state index is 13.2. The summed E-state index contributed by atoms with van der Waals surface area (Å²) >= 11 is 0. The Morgan fingerprint density at radius 3 is 2.36 bits per heavy atom. The van der Waals surface area contributed by atoms with Gasteiger partial charge < -0.3 is 9.80 Å². The first kappa shape index (κ1) is 16.6. The highest BCUT2D eigenvalue weighted by Crippen LogP contribution is 2.26. The van der Waals surface area contributed by atoms with Crippen LogP contribution >= 0.6 is 0 Å². The fourth-order valence-corrected chi connectivity index (χ4v) is 3.54. The van der Waals surface area contributed by atoms with Crippen LogP contribution < -0.4 is 9.80 Å². The topological polar surface area (TPSA) is 63.0 Å². The van der Waals surface area contributed by atoms with Gasteiger partial charge in [0.2, 0.25) is 0 Å². The molecule has 8 heteroatoms. The lowest BCUT2D eigenvalue weighted by Crippen LogP contribution is -2.47. The van der Waals surface area contributed by atoms with Gasteiger partial charge in [-0.2, -0.15) is 5.10 Å². The fraction of sp³-hybridized carbons (Fsp3) is 0.200. The molecule has 140 valence electrons. The van der Waals surface area contributed by atoms with Crippen molar-refractivity contribution < 1.29 is 4.39 Å². The third-order valence-corrected chi connectivity index (χ3v) is 4.97. The van der Waals surface area contributed by atoms with Gasteiger partial charge in [-0.05, 0) is 36.4 Å². The van der Waals surface area contributed by atoms with Crippen LogP contribution in [-0.4, -0.2) is 50.9 Å². The second kappa shape index (κ2) is 6.88. The van der Waals surface area contributed by atoms with E-state index in [1.54, 1.807) is 29.3 Å². The molecule has 5 rings (SSSR count). The highest BCUT2D eigenvalue weighted by atomic mass is 19.1.